The van der Waals surface area contributed by atoms with Crippen molar-refractivity contribution in [2.45, 2.75) is 200 Å². The van der Waals surface area contributed by atoms with Gasteiger partial charge in [-0.3, -0.25) is 14.4 Å². The first-order valence-corrected chi connectivity index (χ1v) is 22.0. The average molecular weight is 753 g/mol. The minimum atomic E-state index is -0.795. The number of rotatable bonds is 38. The molecule has 54 heavy (non-hydrogen) atoms. The molecule has 0 radical (unpaired) electrons. The van der Waals surface area contributed by atoms with Crippen LogP contribution in [0.25, 0.3) is 0 Å². The number of carbonyl (C=O) groups excluding carboxylic acids is 3. The minimum absolute atomic E-state index is 0.0973. The summed E-state index contributed by atoms with van der Waals surface area (Å²) in [5.41, 5.74) is 0. The van der Waals surface area contributed by atoms with Gasteiger partial charge in [-0.1, -0.05) is 171 Å². The summed E-state index contributed by atoms with van der Waals surface area (Å²) in [5, 5.41) is 0. The van der Waals surface area contributed by atoms with E-state index in [0.29, 0.717) is 12.8 Å². The molecule has 0 fully saturated rings. The Hall–Kier alpha value is -3.15. The summed E-state index contributed by atoms with van der Waals surface area (Å²) >= 11 is 0. The molecule has 0 aromatic carbocycles. The lowest BCUT2D eigenvalue weighted by Gasteiger charge is -2.18. The number of carbonyl (C=O) groups is 3. The molecule has 6 heteroatoms. The molecule has 1 atom stereocenters. The van der Waals surface area contributed by atoms with Crippen molar-refractivity contribution in [1.29, 1.82) is 0 Å². The van der Waals surface area contributed by atoms with Gasteiger partial charge in [-0.2, -0.15) is 0 Å². The molecule has 0 heterocycles. The second-order valence-corrected chi connectivity index (χ2v) is 14.3. The first-order valence-electron chi connectivity index (χ1n) is 22.0. The van der Waals surface area contributed by atoms with Crippen molar-refractivity contribution in [3.05, 3.63) is 72.9 Å². The van der Waals surface area contributed by atoms with Crippen molar-refractivity contribution >= 4 is 17.9 Å². The number of unbranched alkanes of at least 4 members (excludes halogenated alkanes) is 18. The van der Waals surface area contributed by atoms with E-state index in [4.69, 9.17) is 14.2 Å². The molecule has 0 spiro atoms. The molecule has 0 aromatic rings. The van der Waals surface area contributed by atoms with Crippen LogP contribution in [0.5, 0.6) is 0 Å². The standard InChI is InChI=1S/C48H80O6/c1-4-7-10-13-16-19-22-23-24-25-27-29-32-35-38-41-47(50)53-44-45(43-52-46(49)40-37-34-31-28-21-18-15-12-9-6-3)54-48(51)42-39-36-33-30-26-20-17-14-11-8-5-2/h7,10,13-20,22,26,45H,4-6,8-9,11-12,21,23-25,27-44H2,1-3H3/b10-7-,16-13-,17-14-,18-15-,22-19-,26-20-. The molecule has 1 unspecified atom stereocenters. The molecule has 6 nitrogen and oxygen atoms in total. The van der Waals surface area contributed by atoms with Crippen LogP contribution in [0.15, 0.2) is 72.9 Å². The summed E-state index contributed by atoms with van der Waals surface area (Å²) in [6.45, 7) is 6.34. The Morgan fingerprint density at radius 3 is 1.22 bits per heavy atom. The number of ether oxygens (including phenoxy) is 3. The molecule has 0 saturated heterocycles. The van der Waals surface area contributed by atoms with Crippen molar-refractivity contribution in [1.82, 2.24) is 0 Å². The number of hydrogen-bond donors (Lipinski definition) is 0. The summed E-state index contributed by atoms with van der Waals surface area (Å²) in [6.07, 6.45) is 51.7. The van der Waals surface area contributed by atoms with Crippen LogP contribution >= 0.6 is 0 Å². The topological polar surface area (TPSA) is 78.9 Å². The lowest BCUT2D eigenvalue weighted by atomic mass is 10.1. The maximum atomic E-state index is 12.7. The molecule has 0 saturated carbocycles. The fourth-order valence-electron chi connectivity index (χ4n) is 5.63. The fourth-order valence-corrected chi connectivity index (χ4v) is 5.63. The second kappa shape index (κ2) is 42.6. The zero-order chi connectivity index (χ0) is 39.4. The first kappa shape index (κ1) is 50.9. The fraction of sp³-hybridized carbons (Fsp3) is 0.688. The van der Waals surface area contributed by atoms with E-state index in [1.165, 1.54) is 51.4 Å². The molecule has 0 aromatic heterocycles. The molecular formula is C48H80O6. The molecular weight excluding hydrogens is 673 g/mol. The molecule has 0 N–H and O–H groups in total. The van der Waals surface area contributed by atoms with Gasteiger partial charge in [0.25, 0.3) is 0 Å². The van der Waals surface area contributed by atoms with Gasteiger partial charge >= 0.3 is 17.9 Å². The molecule has 0 aliphatic heterocycles. The summed E-state index contributed by atoms with van der Waals surface area (Å²) < 4.78 is 16.6. The highest BCUT2D eigenvalue weighted by Gasteiger charge is 2.19. The van der Waals surface area contributed by atoms with E-state index in [1.54, 1.807) is 0 Å². The average Bonchev–Trinajstić information content (AvgIpc) is 3.17. The van der Waals surface area contributed by atoms with Crippen LogP contribution in [0, 0.1) is 0 Å². The Morgan fingerprint density at radius 2 is 0.741 bits per heavy atom. The summed E-state index contributed by atoms with van der Waals surface area (Å²) in [5.74, 6) is -0.959. The zero-order valence-corrected chi connectivity index (χ0v) is 35.0. The molecule has 0 aliphatic carbocycles. The van der Waals surface area contributed by atoms with Crippen molar-refractivity contribution < 1.29 is 28.6 Å². The van der Waals surface area contributed by atoms with Gasteiger partial charge in [0.2, 0.25) is 0 Å². The van der Waals surface area contributed by atoms with Gasteiger partial charge in [-0.05, 0) is 77.0 Å². The number of hydrogen-bond acceptors (Lipinski definition) is 6. The number of allylic oxidation sites excluding steroid dienone is 12. The lowest BCUT2D eigenvalue weighted by molar-refractivity contribution is -0.167. The van der Waals surface area contributed by atoms with E-state index in [0.717, 1.165) is 103 Å². The first-order chi connectivity index (χ1) is 26.5. The maximum Gasteiger partial charge on any atom is 0.306 e. The SMILES string of the molecule is CC\C=C/C=C\C=C/CCCCCCCCCC(=O)OCC(COC(=O)CCCCCC/C=C\CCCC)OC(=O)CCCCC/C=C\C=C/CCCC. The van der Waals surface area contributed by atoms with Crippen LogP contribution < -0.4 is 0 Å². The van der Waals surface area contributed by atoms with E-state index in [1.807, 2.05) is 0 Å². The van der Waals surface area contributed by atoms with Gasteiger partial charge in [-0.25, -0.2) is 0 Å². The minimum Gasteiger partial charge on any atom is -0.462 e. The highest BCUT2D eigenvalue weighted by atomic mass is 16.6. The van der Waals surface area contributed by atoms with Gasteiger partial charge in [0, 0.05) is 19.3 Å². The molecule has 0 amide bonds. The van der Waals surface area contributed by atoms with Gasteiger partial charge in [0.05, 0.1) is 0 Å². The normalized spacial score (nSPS) is 12.7. The van der Waals surface area contributed by atoms with Crippen molar-refractivity contribution in [2.24, 2.45) is 0 Å². The van der Waals surface area contributed by atoms with Crippen molar-refractivity contribution in [2.75, 3.05) is 13.2 Å². The Morgan fingerprint density at radius 1 is 0.389 bits per heavy atom. The van der Waals surface area contributed by atoms with Gasteiger partial charge in [-0.15, -0.1) is 0 Å². The van der Waals surface area contributed by atoms with Gasteiger partial charge in [0.15, 0.2) is 6.10 Å². The highest BCUT2D eigenvalue weighted by Crippen LogP contribution is 2.13. The Kier molecular flexibility index (Phi) is 40.1. The van der Waals surface area contributed by atoms with Gasteiger partial charge in [0.1, 0.15) is 13.2 Å². The van der Waals surface area contributed by atoms with E-state index in [9.17, 15) is 14.4 Å². The van der Waals surface area contributed by atoms with E-state index >= 15 is 0 Å². The Labute approximate surface area is 332 Å². The predicted molar refractivity (Wildman–Crippen MR) is 228 cm³/mol. The number of esters is 3. The predicted octanol–water partition coefficient (Wildman–Crippen LogP) is 13.9. The molecule has 0 rings (SSSR count). The summed E-state index contributed by atoms with van der Waals surface area (Å²) in [4.78, 5) is 37.6. The largest absolute Gasteiger partial charge is 0.462 e. The molecule has 0 bridgehead atoms. The quantitative estimate of drug-likeness (QED) is 0.0205. The van der Waals surface area contributed by atoms with Crippen molar-refractivity contribution in [3.8, 4) is 0 Å². The highest BCUT2D eigenvalue weighted by molar-refractivity contribution is 5.71. The van der Waals surface area contributed by atoms with Crippen molar-refractivity contribution in [3.63, 3.8) is 0 Å². The van der Waals surface area contributed by atoms with Crippen LogP contribution in [0.3, 0.4) is 0 Å². The summed E-state index contributed by atoms with van der Waals surface area (Å²) in [7, 11) is 0. The van der Waals surface area contributed by atoms with E-state index in [-0.39, 0.29) is 37.5 Å². The zero-order valence-electron chi connectivity index (χ0n) is 35.0. The van der Waals surface area contributed by atoms with Crippen LogP contribution in [0.4, 0.5) is 0 Å². The second-order valence-electron chi connectivity index (χ2n) is 14.3. The summed E-state index contributed by atoms with van der Waals surface area (Å²) in [6, 6.07) is 0. The van der Waals surface area contributed by atoms with Crippen LogP contribution in [0.1, 0.15) is 194 Å². The Bertz CT molecular complexity index is 1050. The van der Waals surface area contributed by atoms with E-state index in [2.05, 4.69) is 93.7 Å². The third-order valence-corrected chi connectivity index (χ3v) is 9.00. The molecule has 0 aliphatic rings. The van der Waals surface area contributed by atoms with Crippen LogP contribution in [0.2, 0.25) is 0 Å². The van der Waals surface area contributed by atoms with Crippen LogP contribution in [-0.4, -0.2) is 37.2 Å². The third-order valence-electron chi connectivity index (χ3n) is 9.00. The smallest absolute Gasteiger partial charge is 0.306 e. The third kappa shape index (κ3) is 40.0. The van der Waals surface area contributed by atoms with Crippen LogP contribution in [-0.2, 0) is 28.6 Å². The van der Waals surface area contributed by atoms with E-state index < -0.39 is 6.10 Å². The lowest BCUT2D eigenvalue weighted by Crippen LogP contribution is -2.30. The maximum absolute atomic E-state index is 12.7. The van der Waals surface area contributed by atoms with Gasteiger partial charge < -0.3 is 14.2 Å². The monoisotopic (exact) mass is 753 g/mol. The Balaban J connectivity index is 4.43. The molecule has 308 valence electrons.